The molecule has 3 rings (SSSR count). The Hall–Kier alpha value is -2.62. The molecule has 0 heterocycles. The summed E-state index contributed by atoms with van der Waals surface area (Å²) < 4.78 is 5.25. The van der Waals surface area contributed by atoms with E-state index in [-0.39, 0.29) is 17.6 Å². The van der Waals surface area contributed by atoms with E-state index in [1.54, 1.807) is 30.3 Å². The zero-order chi connectivity index (χ0) is 15.9. The molecule has 22 heavy (non-hydrogen) atoms. The Morgan fingerprint density at radius 1 is 0.909 bits per heavy atom. The molecule has 0 aromatic heterocycles. The maximum absolute atomic E-state index is 12.9. The number of anilines is 1. The predicted octanol–water partition coefficient (Wildman–Crippen LogP) is 3.29. The van der Waals surface area contributed by atoms with Crippen LogP contribution in [0.2, 0.25) is 0 Å². The van der Waals surface area contributed by atoms with E-state index in [2.05, 4.69) is 5.32 Å². The molecule has 0 saturated carbocycles. The fraction of sp³-hybridized carbons (Fsp3) is 0.222. The number of methoxy groups -OCH3 is 1. The van der Waals surface area contributed by atoms with E-state index in [4.69, 9.17) is 4.74 Å². The van der Waals surface area contributed by atoms with E-state index in [0.29, 0.717) is 33.7 Å². The van der Waals surface area contributed by atoms with Crippen LogP contribution in [-0.4, -0.2) is 24.7 Å². The lowest BCUT2D eigenvalue weighted by molar-refractivity contribution is 0.0977. The van der Waals surface area contributed by atoms with Gasteiger partial charge in [0.1, 0.15) is 5.75 Å². The van der Waals surface area contributed by atoms with Gasteiger partial charge in [-0.3, -0.25) is 9.59 Å². The summed E-state index contributed by atoms with van der Waals surface area (Å²) in [7, 11) is 1.50. The van der Waals surface area contributed by atoms with Crippen LogP contribution < -0.4 is 10.1 Å². The summed E-state index contributed by atoms with van der Waals surface area (Å²) in [4.78, 5) is 25.7. The van der Waals surface area contributed by atoms with Crippen molar-refractivity contribution in [3.8, 4) is 5.75 Å². The molecule has 0 saturated heterocycles. The second-order valence-electron chi connectivity index (χ2n) is 5.57. The van der Waals surface area contributed by atoms with Crippen molar-refractivity contribution in [2.45, 2.75) is 19.9 Å². The smallest absolute Gasteiger partial charge is 0.198 e. The lowest BCUT2D eigenvalue weighted by atomic mass is 9.82. The molecule has 0 fully saturated rings. The van der Waals surface area contributed by atoms with Crippen molar-refractivity contribution >= 4 is 17.3 Å². The summed E-state index contributed by atoms with van der Waals surface area (Å²) >= 11 is 0. The van der Waals surface area contributed by atoms with Crippen LogP contribution >= 0.6 is 0 Å². The van der Waals surface area contributed by atoms with Gasteiger partial charge >= 0.3 is 0 Å². The first-order valence-corrected chi connectivity index (χ1v) is 7.20. The minimum absolute atomic E-state index is 0.146. The van der Waals surface area contributed by atoms with Gasteiger partial charge in [-0.15, -0.1) is 0 Å². The Kier molecular flexibility index (Phi) is 3.45. The second-order valence-corrected chi connectivity index (χ2v) is 5.57. The molecule has 1 N–H and O–H groups in total. The molecule has 2 aromatic carbocycles. The van der Waals surface area contributed by atoms with E-state index >= 15 is 0 Å². The van der Waals surface area contributed by atoms with Crippen molar-refractivity contribution in [1.29, 1.82) is 0 Å². The molecule has 2 aromatic rings. The molecule has 0 atom stereocenters. The summed E-state index contributed by atoms with van der Waals surface area (Å²) in [6, 6.07) is 10.6. The van der Waals surface area contributed by atoms with Crippen LogP contribution in [0.4, 0.5) is 5.69 Å². The number of rotatable bonds is 3. The molecule has 4 heteroatoms. The Labute approximate surface area is 129 Å². The van der Waals surface area contributed by atoms with Gasteiger partial charge in [0.2, 0.25) is 0 Å². The Morgan fingerprint density at radius 3 is 2.14 bits per heavy atom. The van der Waals surface area contributed by atoms with Crippen molar-refractivity contribution < 1.29 is 14.3 Å². The molecule has 0 bridgehead atoms. The van der Waals surface area contributed by atoms with Gasteiger partial charge in [0, 0.05) is 22.9 Å². The van der Waals surface area contributed by atoms with E-state index in [9.17, 15) is 9.59 Å². The number of ether oxygens (including phenoxy) is 1. The number of carbonyl (C=O) groups excluding carboxylic acids is 2. The fourth-order valence-corrected chi connectivity index (χ4v) is 2.81. The SMILES string of the molecule is COc1cccc2c1C(=O)c1cccc(NC(C)C)c1C2=O. The number of fused-ring (bicyclic) bond motifs is 2. The van der Waals surface area contributed by atoms with Crippen molar-refractivity contribution in [2.75, 3.05) is 12.4 Å². The zero-order valence-electron chi connectivity index (χ0n) is 12.8. The van der Waals surface area contributed by atoms with Gasteiger partial charge in [0.05, 0.1) is 18.2 Å². The van der Waals surface area contributed by atoms with Crippen molar-refractivity contribution in [3.05, 3.63) is 58.7 Å². The number of hydrogen-bond donors (Lipinski definition) is 1. The van der Waals surface area contributed by atoms with Crippen LogP contribution in [0.25, 0.3) is 0 Å². The minimum atomic E-state index is -0.172. The van der Waals surface area contributed by atoms with E-state index in [1.807, 2.05) is 19.9 Å². The topological polar surface area (TPSA) is 55.4 Å². The van der Waals surface area contributed by atoms with Gasteiger partial charge in [-0.25, -0.2) is 0 Å². The molecule has 1 aliphatic rings. The molecule has 1 aliphatic carbocycles. The molecule has 0 aliphatic heterocycles. The van der Waals surface area contributed by atoms with Crippen molar-refractivity contribution in [2.24, 2.45) is 0 Å². The summed E-state index contributed by atoms with van der Waals surface area (Å²) in [5.74, 6) is 0.116. The number of carbonyl (C=O) groups is 2. The second kappa shape index (κ2) is 5.30. The number of hydrogen-bond acceptors (Lipinski definition) is 4. The molecule has 4 nitrogen and oxygen atoms in total. The van der Waals surface area contributed by atoms with Crippen molar-refractivity contribution in [3.63, 3.8) is 0 Å². The average Bonchev–Trinajstić information content (AvgIpc) is 2.51. The van der Waals surface area contributed by atoms with Crippen LogP contribution in [0.1, 0.15) is 45.7 Å². The Morgan fingerprint density at radius 2 is 1.50 bits per heavy atom. The molecular formula is C18H17NO3. The lowest BCUT2D eigenvalue weighted by Gasteiger charge is -2.23. The highest BCUT2D eigenvalue weighted by Crippen LogP contribution is 2.36. The van der Waals surface area contributed by atoms with Gasteiger partial charge in [0.25, 0.3) is 0 Å². The highest BCUT2D eigenvalue weighted by Gasteiger charge is 2.33. The fourth-order valence-electron chi connectivity index (χ4n) is 2.81. The lowest BCUT2D eigenvalue weighted by Crippen LogP contribution is -2.24. The van der Waals surface area contributed by atoms with Gasteiger partial charge in [-0.05, 0) is 26.0 Å². The Bertz CT molecular complexity index is 778. The van der Waals surface area contributed by atoms with Gasteiger partial charge < -0.3 is 10.1 Å². The predicted molar refractivity (Wildman–Crippen MR) is 85.1 cm³/mol. The third-order valence-electron chi connectivity index (χ3n) is 3.70. The van der Waals surface area contributed by atoms with Crippen LogP contribution in [-0.2, 0) is 0 Å². The molecule has 0 amide bonds. The highest BCUT2D eigenvalue weighted by atomic mass is 16.5. The van der Waals surface area contributed by atoms with Gasteiger partial charge in [-0.2, -0.15) is 0 Å². The average molecular weight is 295 g/mol. The van der Waals surface area contributed by atoms with Gasteiger partial charge in [-0.1, -0.05) is 24.3 Å². The molecule has 0 unspecified atom stereocenters. The third kappa shape index (κ3) is 2.08. The van der Waals surface area contributed by atoms with Crippen LogP contribution in [0.5, 0.6) is 5.75 Å². The minimum Gasteiger partial charge on any atom is -0.496 e. The standard InChI is InChI=1S/C18H17NO3/c1-10(2)19-13-8-4-6-11-15(13)17(20)12-7-5-9-14(22-3)16(12)18(11)21/h4-10,19H,1-3H3. The molecule has 0 radical (unpaired) electrons. The Balaban J connectivity index is 2.24. The highest BCUT2D eigenvalue weighted by molar-refractivity contribution is 6.31. The number of ketones is 2. The van der Waals surface area contributed by atoms with E-state index < -0.39 is 0 Å². The van der Waals surface area contributed by atoms with Crippen LogP contribution in [0.15, 0.2) is 36.4 Å². The van der Waals surface area contributed by atoms with Crippen LogP contribution in [0.3, 0.4) is 0 Å². The van der Waals surface area contributed by atoms with Gasteiger partial charge in [0.15, 0.2) is 11.6 Å². The van der Waals surface area contributed by atoms with E-state index in [1.165, 1.54) is 7.11 Å². The summed E-state index contributed by atoms with van der Waals surface area (Å²) in [6.07, 6.45) is 0. The summed E-state index contributed by atoms with van der Waals surface area (Å²) in [5.41, 5.74) is 2.31. The molecular weight excluding hydrogens is 278 g/mol. The first-order valence-electron chi connectivity index (χ1n) is 7.20. The number of benzene rings is 2. The first-order chi connectivity index (χ1) is 10.5. The summed E-state index contributed by atoms with van der Waals surface area (Å²) in [5, 5.41) is 3.24. The normalized spacial score (nSPS) is 12.9. The maximum Gasteiger partial charge on any atom is 0.198 e. The van der Waals surface area contributed by atoms with E-state index in [0.717, 1.165) is 0 Å². The molecule has 112 valence electrons. The third-order valence-corrected chi connectivity index (χ3v) is 3.70. The van der Waals surface area contributed by atoms with Crippen molar-refractivity contribution in [1.82, 2.24) is 0 Å². The van der Waals surface area contributed by atoms with Crippen LogP contribution in [0, 0.1) is 0 Å². The summed E-state index contributed by atoms with van der Waals surface area (Å²) in [6.45, 7) is 3.98. The largest absolute Gasteiger partial charge is 0.496 e. The zero-order valence-corrected chi connectivity index (χ0v) is 12.8. The molecule has 0 spiro atoms. The maximum atomic E-state index is 12.9. The first kappa shape index (κ1) is 14.3. The quantitative estimate of drug-likeness (QED) is 0.805. The monoisotopic (exact) mass is 295 g/mol. The number of nitrogens with one attached hydrogen (secondary N) is 1.